The molecule has 4 heteroatoms. The number of nitrogens with one attached hydrogen (secondary N) is 1. The number of benzene rings is 1. The van der Waals surface area contributed by atoms with Crippen LogP contribution < -0.4 is 5.32 Å². The van der Waals surface area contributed by atoms with E-state index in [1.165, 1.54) is 38.5 Å². The van der Waals surface area contributed by atoms with Crippen molar-refractivity contribution in [3.8, 4) is 0 Å². The van der Waals surface area contributed by atoms with Crippen LogP contribution in [0.1, 0.15) is 82.0 Å². The van der Waals surface area contributed by atoms with Gasteiger partial charge in [0.2, 0.25) is 0 Å². The van der Waals surface area contributed by atoms with Crippen molar-refractivity contribution in [3.63, 3.8) is 0 Å². The van der Waals surface area contributed by atoms with Gasteiger partial charge < -0.3 is 10.1 Å². The molecule has 140 valence electrons. The zero-order valence-corrected chi connectivity index (χ0v) is 15.8. The quantitative estimate of drug-likeness (QED) is 0.409. The summed E-state index contributed by atoms with van der Waals surface area (Å²) in [4.78, 5) is 24.4. The maximum Gasteiger partial charge on any atom is 0.328 e. The Morgan fingerprint density at radius 2 is 1.52 bits per heavy atom. The molecule has 0 saturated carbocycles. The third kappa shape index (κ3) is 9.28. The van der Waals surface area contributed by atoms with Crippen LogP contribution in [0.5, 0.6) is 0 Å². The van der Waals surface area contributed by atoms with Gasteiger partial charge in [0.05, 0.1) is 6.61 Å². The lowest BCUT2D eigenvalue weighted by Gasteiger charge is -2.17. The van der Waals surface area contributed by atoms with Gasteiger partial charge in [-0.25, -0.2) is 4.79 Å². The number of esters is 1. The zero-order chi connectivity index (χ0) is 18.3. The standard InChI is InChI=1S/C21H33NO3/c1-3-5-6-7-8-9-10-14-17-19(21(24)25-4-2)22-20(23)18-15-12-11-13-16-18/h11-13,15-16,19H,3-10,14,17H2,1-2H3,(H,22,23). The molecule has 0 aliphatic heterocycles. The maximum atomic E-state index is 12.3. The highest BCUT2D eigenvalue weighted by atomic mass is 16.5. The molecule has 0 aliphatic carbocycles. The normalized spacial score (nSPS) is 11.8. The average molecular weight is 347 g/mol. The van der Waals surface area contributed by atoms with Crippen molar-refractivity contribution in [2.24, 2.45) is 0 Å². The van der Waals surface area contributed by atoms with Gasteiger partial charge in [-0.15, -0.1) is 0 Å². The molecule has 1 atom stereocenters. The van der Waals surface area contributed by atoms with Crippen molar-refractivity contribution in [3.05, 3.63) is 35.9 Å². The number of unbranched alkanes of at least 4 members (excludes halogenated alkanes) is 7. The molecule has 0 radical (unpaired) electrons. The summed E-state index contributed by atoms with van der Waals surface area (Å²) in [6.07, 6.45) is 10.3. The molecule has 0 heterocycles. The highest BCUT2D eigenvalue weighted by Crippen LogP contribution is 2.12. The first-order valence-corrected chi connectivity index (χ1v) is 9.71. The van der Waals surface area contributed by atoms with Crippen LogP contribution in [0.4, 0.5) is 0 Å². The summed E-state index contributed by atoms with van der Waals surface area (Å²) in [7, 11) is 0. The first kappa shape index (κ1) is 21.2. The van der Waals surface area contributed by atoms with Gasteiger partial charge in [0.25, 0.3) is 5.91 Å². The molecule has 1 unspecified atom stereocenters. The maximum absolute atomic E-state index is 12.3. The third-order valence-electron chi connectivity index (χ3n) is 4.26. The molecule has 1 aromatic rings. The van der Waals surface area contributed by atoms with Gasteiger partial charge in [0, 0.05) is 5.56 Å². The van der Waals surface area contributed by atoms with Crippen molar-refractivity contribution in [2.45, 2.75) is 77.7 Å². The summed E-state index contributed by atoms with van der Waals surface area (Å²) < 4.78 is 5.11. The Bertz CT molecular complexity index is 487. The number of ether oxygens (including phenoxy) is 1. The lowest BCUT2D eigenvalue weighted by molar-refractivity contribution is -0.145. The van der Waals surface area contributed by atoms with Gasteiger partial charge in [-0.1, -0.05) is 76.5 Å². The topological polar surface area (TPSA) is 55.4 Å². The van der Waals surface area contributed by atoms with E-state index in [0.29, 0.717) is 18.6 Å². The third-order valence-corrected chi connectivity index (χ3v) is 4.26. The van der Waals surface area contributed by atoms with Crippen LogP contribution in [-0.4, -0.2) is 24.5 Å². The van der Waals surface area contributed by atoms with E-state index in [0.717, 1.165) is 12.8 Å². The Morgan fingerprint density at radius 3 is 2.12 bits per heavy atom. The fraction of sp³-hybridized carbons (Fsp3) is 0.619. The molecule has 0 saturated heterocycles. The fourth-order valence-electron chi connectivity index (χ4n) is 2.81. The summed E-state index contributed by atoms with van der Waals surface area (Å²) in [5, 5.41) is 2.82. The van der Waals surface area contributed by atoms with Crippen LogP contribution in [0.25, 0.3) is 0 Å². The molecule has 1 rings (SSSR count). The first-order valence-electron chi connectivity index (χ1n) is 9.71. The Hall–Kier alpha value is -1.84. The summed E-state index contributed by atoms with van der Waals surface area (Å²) >= 11 is 0. The van der Waals surface area contributed by atoms with Crippen LogP contribution in [0.2, 0.25) is 0 Å². The first-order chi connectivity index (χ1) is 12.2. The van der Waals surface area contributed by atoms with E-state index in [-0.39, 0.29) is 11.9 Å². The SMILES string of the molecule is CCCCCCCCCCC(NC(=O)c1ccccc1)C(=O)OCC. The lowest BCUT2D eigenvalue weighted by atomic mass is 10.0. The van der Waals surface area contributed by atoms with E-state index in [2.05, 4.69) is 12.2 Å². The Morgan fingerprint density at radius 1 is 0.920 bits per heavy atom. The highest BCUT2D eigenvalue weighted by Gasteiger charge is 2.22. The molecular formula is C21H33NO3. The fourth-order valence-corrected chi connectivity index (χ4v) is 2.81. The van der Waals surface area contributed by atoms with Crippen LogP contribution >= 0.6 is 0 Å². The van der Waals surface area contributed by atoms with Crippen LogP contribution in [0, 0.1) is 0 Å². The summed E-state index contributed by atoms with van der Waals surface area (Å²) in [5.74, 6) is -0.562. The number of carbonyl (C=O) groups is 2. The number of hydrogen-bond acceptors (Lipinski definition) is 3. The number of hydrogen-bond donors (Lipinski definition) is 1. The van der Waals surface area contributed by atoms with Crippen molar-refractivity contribution < 1.29 is 14.3 Å². The number of amides is 1. The summed E-state index contributed by atoms with van der Waals surface area (Å²) in [5.41, 5.74) is 0.563. The van der Waals surface area contributed by atoms with E-state index < -0.39 is 6.04 Å². The minimum Gasteiger partial charge on any atom is -0.464 e. The minimum atomic E-state index is -0.562. The Kier molecular flexibility index (Phi) is 11.4. The van der Waals surface area contributed by atoms with Gasteiger partial charge >= 0.3 is 5.97 Å². The van der Waals surface area contributed by atoms with E-state index in [9.17, 15) is 9.59 Å². The number of carbonyl (C=O) groups excluding carboxylic acids is 2. The Labute approximate surface area is 152 Å². The summed E-state index contributed by atoms with van der Waals surface area (Å²) in [6.45, 7) is 4.33. The second kappa shape index (κ2) is 13.5. The molecule has 0 aliphatic rings. The van der Waals surface area contributed by atoms with Crippen molar-refractivity contribution >= 4 is 11.9 Å². The largest absolute Gasteiger partial charge is 0.464 e. The average Bonchev–Trinajstić information content (AvgIpc) is 2.63. The van der Waals surface area contributed by atoms with E-state index in [1.54, 1.807) is 19.1 Å². The molecule has 25 heavy (non-hydrogen) atoms. The van der Waals surface area contributed by atoms with E-state index in [1.807, 2.05) is 18.2 Å². The smallest absolute Gasteiger partial charge is 0.328 e. The molecule has 4 nitrogen and oxygen atoms in total. The second-order valence-electron chi connectivity index (χ2n) is 6.41. The van der Waals surface area contributed by atoms with Crippen molar-refractivity contribution in [1.82, 2.24) is 5.32 Å². The van der Waals surface area contributed by atoms with Gasteiger partial charge in [0.1, 0.15) is 6.04 Å². The van der Waals surface area contributed by atoms with Gasteiger partial charge in [-0.05, 0) is 25.5 Å². The van der Waals surface area contributed by atoms with Crippen LogP contribution in [-0.2, 0) is 9.53 Å². The zero-order valence-electron chi connectivity index (χ0n) is 15.8. The van der Waals surface area contributed by atoms with Gasteiger partial charge in [0.15, 0.2) is 0 Å². The highest BCUT2D eigenvalue weighted by molar-refractivity contribution is 5.96. The molecule has 0 aromatic heterocycles. The van der Waals surface area contributed by atoms with Crippen molar-refractivity contribution in [2.75, 3.05) is 6.61 Å². The van der Waals surface area contributed by atoms with Crippen molar-refractivity contribution in [1.29, 1.82) is 0 Å². The monoisotopic (exact) mass is 347 g/mol. The van der Waals surface area contributed by atoms with E-state index >= 15 is 0 Å². The predicted octanol–water partition coefficient (Wildman–Crippen LogP) is 4.88. The van der Waals surface area contributed by atoms with Gasteiger partial charge in [-0.2, -0.15) is 0 Å². The summed E-state index contributed by atoms with van der Waals surface area (Å²) in [6, 6.07) is 8.41. The van der Waals surface area contributed by atoms with E-state index in [4.69, 9.17) is 4.74 Å². The predicted molar refractivity (Wildman–Crippen MR) is 102 cm³/mol. The molecule has 0 fully saturated rings. The molecule has 0 bridgehead atoms. The molecule has 1 aromatic carbocycles. The lowest BCUT2D eigenvalue weighted by Crippen LogP contribution is -2.41. The van der Waals surface area contributed by atoms with Crippen LogP contribution in [0.3, 0.4) is 0 Å². The second-order valence-corrected chi connectivity index (χ2v) is 6.41. The minimum absolute atomic E-state index is 0.224. The Balaban J connectivity index is 2.38. The van der Waals surface area contributed by atoms with Crippen LogP contribution in [0.15, 0.2) is 30.3 Å². The molecular weight excluding hydrogens is 314 g/mol. The molecule has 1 amide bonds. The van der Waals surface area contributed by atoms with Gasteiger partial charge in [-0.3, -0.25) is 4.79 Å². The number of rotatable bonds is 13. The molecule has 1 N–H and O–H groups in total. The molecule has 0 spiro atoms.